The first-order valence-corrected chi connectivity index (χ1v) is 7.57. The van der Waals surface area contributed by atoms with Gasteiger partial charge in [0, 0.05) is 16.7 Å². The number of hydrogen-bond acceptors (Lipinski definition) is 5. The van der Waals surface area contributed by atoms with E-state index < -0.39 is 12.1 Å². The number of halogens is 1. The minimum atomic E-state index is -0.904. The molecule has 0 spiro atoms. The third-order valence-corrected chi connectivity index (χ3v) is 3.64. The lowest BCUT2D eigenvalue weighted by atomic mass is 10.1. The van der Waals surface area contributed by atoms with Crippen molar-refractivity contribution in [2.24, 2.45) is 0 Å². The Morgan fingerprint density at radius 3 is 2.62 bits per heavy atom. The lowest BCUT2D eigenvalue weighted by Gasteiger charge is -2.19. The van der Waals surface area contributed by atoms with E-state index >= 15 is 0 Å². The summed E-state index contributed by atoms with van der Waals surface area (Å²) in [5, 5.41) is 4.21. The van der Waals surface area contributed by atoms with Gasteiger partial charge in [0.15, 0.2) is 5.76 Å². The lowest BCUT2D eigenvalue weighted by molar-refractivity contribution is -0.149. The molecule has 24 heavy (non-hydrogen) atoms. The van der Waals surface area contributed by atoms with Crippen molar-refractivity contribution in [2.75, 3.05) is 7.11 Å². The molecule has 0 N–H and O–H groups in total. The van der Waals surface area contributed by atoms with E-state index in [2.05, 4.69) is 5.16 Å². The van der Waals surface area contributed by atoms with Crippen LogP contribution in [0.15, 0.2) is 65.3 Å². The van der Waals surface area contributed by atoms with Gasteiger partial charge in [-0.2, -0.15) is 0 Å². The third kappa shape index (κ3) is 3.41. The molecule has 0 saturated heterocycles. The molecule has 0 aliphatic carbocycles. The van der Waals surface area contributed by atoms with Crippen LogP contribution < -0.4 is 4.74 Å². The number of methoxy groups -OCH3 is 1. The predicted molar refractivity (Wildman–Crippen MR) is 88.8 cm³/mol. The van der Waals surface area contributed by atoms with Gasteiger partial charge in [-0.3, -0.25) is 0 Å². The highest BCUT2D eigenvalue weighted by Crippen LogP contribution is 2.35. The SMILES string of the molecule is COC(=O)C(Oc1ccc(Cl)cc1-c1ccno1)c1ccccc1. The van der Waals surface area contributed by atoms with Crippen molar-refractivity contribution in [1.29, 1.82) is 0 Å². The highest BCUT2D eigenvalue weighted by Gasteiger charge is 2.25. The number of esters is 1. The van der Waals surface area contributed by atoms with E-state index in [1.807, 2.05) is 18.2 Å². The average Bonchev–Trinajstić information content (AvgIpc) is 3.15. The highest BCUT2D eigenvalue weighted by molar-refractivity contribution is 6.30. The summed E-state index contributed by atoms with van der Waals surface area (Å²) >= 11 is 6.07. The van der Waals surface area contributed by atoms with Crippen LogP contribution in [0.5, 0.6) is 5.75 Å². The Balaban J connectivity index is 2.00. The molecule has 3 rings (SSSR count). The van der Waals surface area contributed by atoms with Crippen LogP contribution in [-0.4, -0.2) is 18.2 Å². The second-order valence-electron chi connectivity index (χ2n) is 4.95. The Labute approximate surface area is 143 Å². The Hall–Kier alpha value is -2.79. The molecule has 2 aromatic carbocycles. The van der Waals surface area contributed by atoms with Crippen LogP contribution >= 0.6 is 11.6 Å². The third-order valence-electron chi connectivity index (χ3n) is 3.41. The standard InChI is InChI=1S/C18H14ClNO4/c1-22-18(21)17(12-5-3-2-4-6-12)23-15-8-7-13(19)11-14(15)16-9-10-20-24-16/h2-11,17H,1H3. The van der Waals surface area contributed by atoms with Gasteiger partial charge in [-0.25, -0.2) is 4.79 Å². The van der Waals surface area contributed by atoms with Gasteiger partial charge < -0.3 is 14.0 Å². The second kappa shape index (κ2) is 7.19. The summed E-state index contributed by atoms with van der Waals surface area (Å²) in [6.07, 6.45) is 0.619. The van der Waals surface area contributed by atoms with E-state index in [1.165, 1.54) is 13.3 Å². The van der Waals surface area contributed by atoms with E-state index in [1.54, 1.807) is 36.4 Å². The Morgan fingerprint density at radius 1 is 1.17 bits per heavy atom. The van der Waals surface area contributed by atoms with Crippen LogP contribution in [0, 0.1) is 0 Å². The quantitative estimate of drug-likeness (QED) is 0.647. The number of nitrogens with zero attached hydrogens (tertiary/aromatic N) is 1. The number of carbonyl (C=O) groups excluding carboxylic acids is 1. The molecule has 1 aromatic heterocycles. The van der Waals surface area contributed by atoms with Crippen molar-refractivity contribution in [3.8, 4) is 17.1 Å². The van der Waals surface area contributed by atoms with E-state index in [9.17, 15) is 4.79 Å². The van der Waals surface area contributed by atoms with E-state index in [4.69, 9.17) is 25.6 Å². The molecule has 3 aromatic rings. The Morgan fingerprint density at radius 2 is 1.96 bits per heavy atom. The van der Waals surface area contributed by atoms with Crippen molar-refractivity contribution in [1.82, 2.24) is 5.16 Å². The molecule has 0 aliphatic rings. The molecule has 0 saturated carbocycles. The number of ether oxygens (including phenoxy) is 2. The van der Waals surface area contributed by atoms with Gasteiger partial charge in [-0.15, -0.1) is 0 Å². The molecule has 5 nitrogen and oxygen atoms in total. The molecule has 6 heteroatoms. The van der Waals surface area contributed by atoms with Crippen LogP contribution in [0.25, 0.3) is 11.3 Å². The van der Waals surface area contributed by atoms with Crippen LogP contribution in [0.3, 0.4) is 0 Å². The maximum absolute atomic E-state index is 12.2. The number of rotatable bonds is 5. The predicted octanol–water partition coefficient (Wildman–Crippen LogP) is 4.29. The zero-order valence-corrected chi connectivity index (χ0v) is 13.6. The lowest BCUT2D eigenvalue weighted by Crippen LogP contribution is -2.20. The molecule has 122 valence electrons. The van der Waals surface area contributed by atoms with Crippen molar-refractivity contribution < 1.29 is 18.8 Å². The molecule has 1 unspecified atom stereocenters. The zero-order valence-electron chi connectivity index (χ0n) is 12.8. The van der Waals surface area contributed by atoms with Gasteiger partial charge in [0.2, 0.25) is 6.10 Å². The summed E-state index contributed by atoms with van der Waals surface area (Å²) < 4.78 is 16.0. The van der Waals surface area contributed by atoms with E-state index in [0.717, 1.165) is 0 Å². The molecule has 1 heterocycles. The fraction of sp³-hybridized carbons (Fsp3) is 0.111. The first kappa shape index (κ1) is 16.1. The number of carbonyl (C=O) groups is 1. The summed E-state index contributed by atoms with van der Waals surface area (Å²) in [5.74, 6) is 0.430. The molecule has 0 fully saturated rings. The number of benzene rings is 2. The minimum Gasteiger partial charge on any atom is -0.473 e. The largest absolute Gasteiger partial charge is 0.473 e. The van der Waals surface area contributed by atoms with E-state index in [0.29, 0.717) is 27.7 Å². The molecule has 0 aliphatic heterocycles. The van der Waals surface area contributed by atoms with Gasteiger partial charge in [-0.05, 0) is 18.2 Å². The molecule has 1 atom stereocenters. The number of aromatic nitrogens is 1. The van der Waals surface area contributed by atoms with Gasteiger partial charge in [0.25, 0.3) is 0 Å². The Bertz CT molecular complexity index is 818. The summed E-state index contributed by atoms with van der Waals surface area (Å²) in [7, 11) is 1.32. The summed E-state index contributed by atoms with van der Waals surface area (Å²) in [6.45, 7) is 0. The number of hydrogen-bond donors (Lipinski definition) is 0. The van der Waals surface area contributed by atoms with Crippen LogP contribution in [0.4, 0.5) is 0 Å². The van der Waals surface area contributed by atoms with Gasteiger partial charge >= 0.3 is 5.97 Å². The van der Waals surface area contributed by atoms with Crippen molar-refractivity contribution >= 4 is 17.6 Å². The van der Waals surface area contributed by atoms with Gasteiger partial charge in [0.05, 0.1) is 18.9 Å². The maximum atomic E-state index is 12.2. The summed E-state index contributed by atoms with van der Waals surface area (Å²) in [4.78, 5) is 12.2. The van der Waals surface area contributed by atoms with Gasteiger partial charge in [0.1, 0.15) is 5.75 Å². The van der Waals surface area contributed by atoms with Crippen LogP contribution in [0.2, 0.25) is 5.02 Å². The van der Waals surface area contributed by atoms with Crippen molar-refractivity contribution in [2.45, 2.75) is 6.10 Å². The van der Waals surface area contributed by atoms with E-state index in [-0.39, 0.29) is 0 Å². The fourth-order valence-electron chi connectivity index (χ4n) is 2.27. The minimum absolute atomic E-state index is 0.440. The topological polar surface area (TPSA) is 61.6 Å². The summed E-state index contributed by atoms with van der Waals surface area (Å²) in [6, 6.07) is 15.8. The van der Waals surface area contributed by atoms with Gasteiger partial charge in [-0.1, -0.05) is 47.1 Å². The maximum Gasteiger partial charge on any atom is 0.351 e. The highest BCUT2D eigenvalue weighted by atomic mass is 35.5. The van der Waals surface area contributed by atoms with Crippen LogP contribution in [0.1, 0.15) is 11.7 Å². The normalized spacial score (nSPS) is 11.8. The monoisotopic (exact) mass is 343 g/mol. The first-order valence-electron chi connectivity index (χ1n) is 7.19. The first-order chi connectivity index (χ1) is 11.7. The average molecular weight is 344 g/mol. The molecule has 0 amide bonds. The smallest absolute Gasteiger partial charge is 0.351 e. The Kier molecular flexibility index (Phi) is 4.82. The molecular weight excluding hydrogens is 330 g/mol. The van der Waals surface area contributed by atoms with Crippen LogP contribution in [-0.2, 0) is 9.53 Å². The molecule has 0 bridgehead atoms. The molecular formula is C18H14ClNO4. The van der Waals surface area contributed by atoms with Crippen molar-refractivity contribution in [3.05, 3.63) is 71.4 Å². The fourth-order valence-corrected chi connectivity index (χ4v) is 2.44. The molecule has 0 radical (unpaired) electrons. The summed E-state index contributed by atoms with van der Waals surface area (Å²) in [5.41, 5.74) is 1.28. The second-order valence-corrected chi connectivity index (χ2v) is 5.39. The van der Waals surface area contributed by atoms with Crippen molar-refractivity contribution in [3.63, 3.8) is 0 Å². The zero-order chi connectivity index (χ0) is 16.9.